The number of allylic oxidation sites excluding steroid dienone is 1. The fourth-order valence-corrected chi connectivity index (χ4v) is 3.55. The third kappa shape index (κ3) is 4.06. The van der Waals surface area contributed by atoms with E-state index in [1.165, 1.54) is 20.3 Å². The lowest BCUT2D eigenvalue weighted by Gasteiger charge is -2.22. The molecule has 0 saturated carbocycles. The van der Waals surface area contributed by atoms with Gasteiger partial charge in [-0.25, -0.2) is 4.39 Å². The summed E-state index contributed by atoms with van der Waals surface area (Å²) in [5.41, 5.74) is 0.723. The minimum atomic E-state index is -0.768. The Kier molecular flexibility index (Phi) is 6.09. The molecular weight excluding hydrogens is 361 g/mol. The van der Waals surface area contributed by atoms with Gasteiger partial charge in [-0.1, -0.05) is 42.5 Å². The zero-order valence-corrected chi connectivity index (χ0v) is 15.7. The van der Waals surface area contributed by atoms with E-state index in [0.717, 1.165) is 0 Å². The molecule has 1 amide bonds. The van der Waals surface area contributed by atoms with Gasteiger partial charge in [0, 0.05) is 11.6 Å². The number of hydrogen-bond donors (Lipinski definition) is 1. The van der Waals surface area contributed by atoms with Gasteiger partial charge in [-0.3, -0.25) is 9.59 Å². The summed E-state index contributed by atoms with van der Waals surface area (Å²) in [4.78, 5) is 25.0. The molecule has 146 valence electrons. The first-order valence-electron chi connectivity index (χ1n) is 8.99. The fraction of sp³-hybridized carbons (Fsp3) is 0.273. The summed E-state index contributed by atoms with van der Waals surface area (Å²) in [6, 6.07) is 12.8. The molecule has 0 heterocycles. The van der Waals surface area contributed by atoms with Crippen LogP contribution in [0, 0.1) is 11.7 Å². The highest BCUT2D eigenvalue weighted by molar-refractivity contribution is 5.97. The van der Waals surface area contributed by atoms with Crippen molar-refractivity contribution in [3.63, 3.8) is 0 Å². The first-order valence-corrected chi connectivity index (χ1v) is 8.99. The highest BCUT2D eigenvalue weighted by atomic mass is 19.1. The summed E-state index contributed by atoms with van der Waals surface area (Å²) in [5, 5.41) is 2.93. The second-order valence-electron chi connectivity index (χ2n) is 6.59. The van der Waals surface area contributed by atoms with Crippen molar-refractivity contribution >= 4 is 11.9 Å². The Morgan fingerprint density at radius 3 is 2.50 bits per heavy atom. The van der Waals surface area contributed by atoms with Crippen LogP contribution in [0.2, 0.25) is 0 Å². The van der Waals surface area contributed by atoms with E-state index in [1.54, 1.807) is 42.5 Å². The van der Waals surface area contributed by atoms with Crippen molar-refractivity contribution in [1.82, 2.24) is 5.32 Å². The highest BCUT2D eigenvalue weighted by Crippen LogP contribution is 2.35. The van der Waals surface area contributed by atoms with Crippen LogP contribution >= 0.6 is 0 Å². The minimum Gasteiger partial charge on any atom is -0.496 e. The zero-order valence-electron chi connectivity index (χ0n) is 15.7. The molecule has 2 aromatic rings. The smallest absolute Gasteiger partial charge is 0.313 e. The number of rotatable bonds is 6. The van der Waals surface area contributed by atoms with Gasteiger partial charge in [0.05, 0.1) is 25.7 Å². The number of nitrogens with one attached hydrogen (secondary N) is 1. The summed E-state index contributed by atoms with van der Waals surface area (Å²) in [7, 11) is 2.79. The van der Waals surface area contributed by atoms with Crippen molar-refractivity contribution in [2.45, 2.75) is 18.4 Å². The standard InChI is InChI=1S/C22H22FNO4/c1-27-19-10-6-4-8-17(19)21(25)24-15-12-11-14(13-15)20(22(26)28-2)16-7-3-5-9-18(16)23/h3-12,14-15,20H,13H2,1-2H3,(H,24,25)/t14-,15+,20-/m0/s1. The average Bonchev–Trinajstić information content (AvgIpc) is 3.17. The van der Waals surface area contributed by atoms with Gasteiger partial charge >= 0.3 is 5.97 Å². The quantitative estimate of drug-likeness (QED) is 0.613. The molecule has 0 spiro atoms. The van der Waals surface area contributed by atoms with Gasteiger partial charge in [0.1, 0.15) is 11.6 Å². The van der Waals surface area contributed by atoms with Crippen LogP contribution < -0.4 is 10.1 Å². The second-order valence-corrected chi connectivity index (χ2v) is 6.59. The molecule has 3 rings (SSSR count). The monoisotopic (exact) mass is 383 g/mol. The molecule has 0 radical (unpaired) electrons. The van der Waals surface area contributed by atoms with Crippen molar-refractivity contribution < 1.29 is 23.5 Å². The van der Waals surface area contributed by atoms with E-state index in [0.29, 0.717) is 23.3 Å². The zero-order chi connectivity index (χ0) is 20.1. The van der Waals surface area contributed by atoms with Crippen molar-refractivity contribution in [3.8, 4) is 5.75 Å². The maximum absolute atomic E-state index is 14.3. The first-order chi connectivity index (χ1) is 13.5. The minimum absolute atomic E-state index is 0.270. The van der Waals surface area contributed by atoms with E-state index in [1.807, 2.05) is 12.2 Å². The molecule has 0 fully saturated rings. The van der Waals surface area contributed by atoms with Gasteiger partial charge in [0.15, 0.2) is 0 Å². The molecular formula is C22H22FNO4. The van der Waals surface area contributed by atoms with Crippen LogP contribution in [0.3, 0.4) is 0 Å². The topological polar surface area (TPSA) is 64.6 Å². The average molecular weight is 383 g/mol. The highest BCUT2D eigenvalue weighted by Gasteiger charge is 2.35. The Hall–Kier alpha value is -3.15. The van der Waals surface area contributed by atoms with E-state index < -0.39 is 17.7 Å². The number of methoxy groups -OCH3 is 2. The van der Waals surface area contributed by atoms with Gasteiger partial charge < -0.3 is 14.8 Å². The number of carbonyl (C=O) groups excluding carboxylic acids is 2. The lowest BCUT2D eigenvalue weighted by molar-refractivity contribution is -0.143. The van der Waals surface area contributed by atoms with E-state index in [-0.39, 0.29) is 17.9 Å². The maximum atomic E-state index is 14.3. The predicted molar refractivity (Wildman–Crippen MR) is 103 cm³/mol. The molecule has 0 aliphatic heterocycles. The maximum Gasteiger partial charge on any atom is 0.313 e. The van der Waals surface area contributed by atoms with E-state index in [9.17, 15) is 14.0 Å². The molecule has 0 aromatic heterocycles. The Balaban J connectivity index is 1.75. The molecule has 0 bridgehead atoms. The number of hydrogen-bond acceptors (Lipinski definition) is 4. The number of halogens is 1. The van der Waals surface area contributed by atoms with Crippen molar-refractivity contribution in [1.29, 1.82) is 0 Å². The number of para-hydroxylation sites is 1. The predicted octanol–water partition coefficient (Wildman–Crippen LogP) is 3.47. The molecule has 0 unspecified atom stereocenters. The number of benzene rings is 2. The lowest BCUT2D eigenvalue weighted by Crippen LogP contribution is -2.34. The van der Waals surface area contributed by atoms with Crippen molar-refractivity contribution in [2.75, 3.05) is 14.2 Å². The SMILES string of the molecule is COC(=O)[C@H](c1ccccc1F)[C@H]1C=C[C@@H](NC(=O)c2ccccc2OC)C1. The molecule has 2 aromatic carbocycles. The molecule has 1 aliphatic rings. The number of ether oxygens (including phenoxy) is 2. The second kappa shape index (κ2) is 8.69. The largest absolute Gasteiger partial charge is 0.496 e. The third-order valence-electron chi connectivity index (χ3n) is 4.91. The summed E-state index contributed by atoms with van der Waals surface area (Å²) < 4.78 is 24.4. The summed E-state index contributed by atoms with van der Waals surface area (Å²) in [6.45, 7) is 0. The third-order valence-corrected chi connectivity index (χ3v) is 4.91. The Bertz CT molecular complexity index is 896. The van der Waals surface area contributed by atoms with Crippen molar-refractivity contribution in [2.24, 2.45) is 5.92 Å². The first kappa shape index (κ1) is 19.6. The normalized spacial score (nSPS) is 19.1. The fourth-order valence-electron chi connectivity index (χ4n) is 3.55. The van der Waals surface area contributed by atoms with Crippen LogP contribution in [0.5, 0.6) is 5.75 Å². The van der Waals surface area contributed by atoms with E-state index >= 15 is 0 Å². The van der Waals surface area contributed by atoms with Crippen molar-refractivity contribution in [3.05, 3.63) is 77.6 Å². The van der Waals surface area contributed by atoms with Crippen LogP contribution in [-0.4, -0.2) is 32.1 Å². The molecule has 6 heteroatoms. The molecule has 1 N–H and O–H groups in total. The summed E-state index contributed by atoms with van der Waals surface area (Å²) >= 11 is 0. The van der Waals surface area contributed by atoms with Gasteiger partial charge in [-0.05, 0) is 30.5 Å². The van der Waals surface area contributed by atoms with Gasteiger partial charge in [0.25, 0.3) is 5.91 Å². The molecule has 28 heavy (non-hydrogen) atoms. The lowest BCUT2D eigenvalue weighted by atomic mass is 9.85. The van der Waals surface area contributed by atoms with E-state index in [2.05, 4.69) is 5.32 Å². The van der Waals surface area contributed by atoms with Gasteiger partial charge in [-0.2, -0.15) is 0 Å². The van der Waals surface area contributed by atoms with E-state index in [4.69, 9.17) is 9.47 Å². The van der Waals surface area contributed by atoms with Crippen LogP contribution in [0.25, 0.3) is 0 Å². The van der Waals surface area contributed by atoms with Crippen LogP contribution in [-0.2, 0) is 9.53 Å². The molecule has 1 aliphatic carbocycles. The van der Waals surface area contributed by atoms with Gasteiger partial charge in [0.2, 0.25) is 0 Å². The number of amides is 1. The number of carbonyl (C=O) groups is 2. The summed E-state index contributed by atoms with van der Waals surface area (Å²) in [6.07, 6.45) is 4.13. The van der Waals surface area contributed by atoms with Crippen LogP contribution in [0.4, 0.5) is 4.39 Å². The number of esters is 1. The molecule has 3 atom stereocenters. The summed E-state index contributed by atoms with van der Waals surface area (Å²) in [5.74, 6) is -1.79. The molecule has 0 saturated heterocycles. The Morgan fingerprint density at radius 2 is 1.79 bits per heavy atom. The molecule has 5 nitrogen and oxygen atoms in total. The van der Waals surface area contributed by atoms with Crippen LogP contribution in [0.15, 0.2) is 60.7 Å². The van der Waals surface area contributed by atoms with Gasteiger partial charge in [-0.15, -0.1) is 0 Å². The Labute approximate surface area is 163 Å². The van der Waals surface area contributed by atoms with Crippen LogP contribution in [0.1, 0.15) is 28.3 Å². The Morgan fingerprint density at radius 1 is 1.07 bits per heavy atom.